The van der Waals surface area contributed by atoms with Crippen LogP contribution in [0, 0.1) is 0 Å². The summed E-state index contributed by atoms with van der Waals surface area (Å²) in [4.78, 5) is 12.0. The normalized spacial score (nSPS) is 10.2. The van der Waals surface area contributed by atoms with E-state index in [1.54, 1.807) is 0 Å². The van der Waals surface area contributed by atoms with Crippen molar-refractivity contribution in [1.82, 2.24) is 0 Å². The fourth-order valence-electron chi connectivity index (χ4n) is 1.86. The minimum Gasteiger partial charge on any atom is -0.492 e. The topological polar surface area (TPSA) is 73.6 Å². The molecule has 0 unspecified atom stereocenters. The van der Waals surface area contributed by atoms with Gasteiger partial charge in [-0.3, -0.25) is 4.79 Å². The molecule has 0 bridgehead atoms. The molecule has 0 amide bonds. The van der Waals surface area contributed by atoms with E-state index in [1.807, 2.05) is 30.3 Å². The highest BCUT2D eigenvalue weighted by atomic mass is 32.1. The first-order chi connectivity index (χ1) is 10.1. The Morgan fingerprint density at radius 3 is 2.67 bits per heavy atom. The Morgan fingerprint density at radius 2 is 2.05 bits per heavy atom. The fourth-order valence-corrected chi connectivity index (χ4v) is 2.87. The van der Waals surface area contributed by atoms with Crippen molar-refractivity contribution >= 4 is 27.8 Å². The molecule has 0 atom stereocenters. The zero-order valence-corrected chi connectivity index (χ0v) is 12.8. The van der Waals surface area contributed by atoms with Gasteiger partial charge in [0.2, 0.25) is 0 Å². The van der Waals surface area contributed by atoms with Gasteiger partial charge in [-0.05, 0) is 12.1 Å². The molecule has 1 heterocycles. The van der Waals surface area contributed by atoms with Crippen molar-refractivity contribution < 1.29 is 14.3 Å². The third-order valence-electron chi connectivity index (χ3n) is 2.82. The molecule has 1 aromatic heterocycles. The molecule has 0 fully saturated rings. The van der Waals surface area contributed by atoms with Gasteiger partial charge in [0.15, 0.2) is 11.5 Å². The van der Waals surface area contributed by atoms with Crippen LogP contribution in [0.15, 0.2) is 30.3 Å². The van der Waals surface area contributed by atoms with E-state index in [2.05, 4.69) is 5.32 Å². The lowest BCUT2D eigenvalue weighted by molar-refractivity contribution is 0.102. The molecule has 0 radical (unpaired) electrons. The second-order valence-electron chi connectivity index (χ2n) is 4.35. The molecule has 0 aliphatic rings. The number of hydrogen-bond acceptors (Lipinski definition) is 6. The summed E-state index contributed by atoms with van der Waals surface area (Å²) < 4.78 is 10.8. The van der Waals surface area contributed by atoms with Crippen molar-refractivity contribution in [3.8, 4) is 11.5 Å². The number of hydrogen-bond donors (Lipinski definition) is 2. The van der Waals surface area contributed by atoms with Gasteiger partial charge >= 0.3 is 0 Å². The number of nitrogen functional groups attached to an aromatic ring is 1. The van der Waals surface area contributed by atoms with Crippen LogP contribution in [0.4, 0.5) is 10.7 Å². The molecule has 5 nitrogen and oxygen atoms in total. The number of anilines is 2. The highest BCUT2D eigenvalue weighted by molar-refractivity contribution is 7.19. The zero-order chi connectivity index (χ0) is 15.2. The van der Waals surface area contributed by atoms with Gasteiger partial charge in [-0.15, -0.1) is 11.3 Å². The third kappa shape index (κ3) is 3.66. The van der Waals surface area contributed by atoms with E-state index in [9.17, 15) is 4.79 Å². The van der Waals surface area contributed by atoms with Gasteiger partial charge in [0.25, 0.3) is 0 Å². The number of benzene rings is 1. The van der Waals surface area contributed by atoms with Gasteiger partial charge in [0, 0.05) is 13.5 Å². The average molecular weight is 306 g/mol. The van der Waals surface area contributed by atoms with E-state index in [4.69, 9.17) is 15.2 Å². The number of Topliss-reactive ketones (excluding diaryl/α,β-unsaturated/α-hetero) is 1. The van der Waals surface area contributed by atoms with Gasteiger partial charge in [-0.1, -0.05) is 18.2 Å². The maximum atomic E-state index is 11.5. The van der Waals surface area contributed by atoms with Crippen LogP contribution in [-0.2, 0) is 0 Å². The first kappa shape index (κ1) is 15.2. The van der Waals surface area contributed by atoms with Crippen LogP contribution in [0.25, 0.3) is 0 Å². The van der Waals surface area contributed by atoms with Crippen molar-refractivity contribution in [2.75, 3.05) is 31.3 Å². The summed E-state index contributed by atoms with van der Waals surface area (Å²) in [5, 5.41) is 3.93. The first-order valence-corrected chi connectivity index (χ1v) is 7.34. The lowest BCUT2D eigenvalue weighted by atomic mass is 10.3. The Bertz CT molecular complexity index is 611. The van der Waals surface area contributed by atoms with E-state index >= 15 is 0 Å². The predicted octanol–water partition coefficient (Wildman–Crippen LogP) is 3.03. The molecule has 0 aliphatic heterocycles. The van der Waals surface area contributed by atoms with Crippen LogP contribution in [0.2, 0.25) is 0 Å². The Labute approximate surface area is 127 Å². The average Bonchev–Trinajstić information content (AvgIpc) is 2.81. The molecule has 112 valence electrons. The third-order valence-corrected chi connectivity index (χ3v) is 4.07. The number of nitrogens with one attached hydrogen (secondary N) is 1. The molecule has 6 heteroatoms. The van der Waals surface area contributed by atoms with Crippen LogP contribution in [0.5, 0.6) is 11.5 Å². The monoisotopic (exact) mass is 306 g/mol. The molecule has 0 saturated heterocycles. The highest BCUT2D eigenvalue weighted by Gasteiger charge is 2.19. The maximum absolute atomic E-state index is 11.5. The molecule has 21 heavy (non-hydrogen) atoms. The van der Waals surface area contributed by atoms with E-state index in [-0.39, 0.29) is 5.78 Å². The summed E-state index contributed by atoms with van der Waals surface area (Å²) in [5.41, 5.74) is 6.29. The summed E-state index contributed by atoms with van der Waals surface area (Å²) >= 11 is 1.30. The van der Waals surface area contributed by atoms with Gasteiger partial charge < -0.3 is 20.5 Å². The molecule has 0 spiro atoms. The molecule has 2 rings (SSSR count). The predicted molar refractivity (Wildman–Crippen MR) is 85.7 cm³/mol. The maximum Gasteiger partial charge on any atom is 0.176 e. The van der Waals surface area contributed by atoms with Crippen molar-refractivity contribution in [1.29, 1.82) is 0 Å². The first-order valence-electron chi connectivity index (χ1n) is 6.52. The smallest absolute Gasteiger partial charge is 0.176 e. The number of carbonyl (C=O) groups excluding carboxylic acids is 1. The molecular formula is C15H18N2O3S. The van der Waals surface area contributed by atoms with E-state index < -0.39 is 0 Å². The molecular weight excluding hydrogens is 288 g/mol. The van der Waals surface area contributed by atoms with Crippen molar-refractivity contribution in [3.05, 3.63) is 35.2 Å². The van der Waals surface area contributed by atoms with Crippen molar-refractivity contribution in [2.24, 2.45) is 0 Å². The number of ketones is 1. The minimum atomic E-state index is -0.0654. The molecule has 2 aromatic rings. The SMILES string of the molecule is COc1c(NCCOc2ccccc2)sc(C(C)=O)c1N. The summed E-state index contributed by atoms with van der Waals surface area (Å²) in [6.07, 6.45) is 0. The van der Waals surface area contributed by atoms with E-state index in [0.29, 0.717) is 29.5 Å². The van der Waals surface area contributed by atoms with Crippen LogP contribution < -0.4 is 20.5 Å². The fraction of sp³-hybridized carbons (Fsp3) is 0.267. The largest absolute Gasteiger partial charge is 0.492 e. The molecule has 0 aliphatic carbocycles. The van der Waals surface area contributed by atoms with Gasteiger partial charge in [-0.2, -0.15) is 0 Å². The Morgan fingerprint density at radius 1 is 1.33 bits per heavy atom. The highest BCUT2D eigenvalue weighted by Crippen LogP contribution is 2.42. The van der Waals surface area contributed by atoms with E-state index in [1.165, 1.54) is 25.4 Å². The van der Waals surface area contributed by atoms with Crippen LogP contribution in [0.3, 0.4) is 0 Å². The lowest BCUT2D eigenvalue weighted by Crippen LogP contribution is -2.11. The standard InChI is InChI=1S/C15H18N2O3S/c1-10(18)14-12(16)13(19-2)15(21-14)17-8-9-20-11-6-4-3-5-7-11/h3-7,17H,8-9,16H2,1-2H3. The zero-order valence-electron chi connectivity index (χ0n) is 12.0. The number of para-hydroxylation sites is 1. The Kier molecular flexibility index (Phi) is 5.05. The van der Waals surface area contributed by atoms with Crippen LogP contribution >= 0.6 is 11.3 Å². The van der Waals surface area contributed by atoms with Crippen molar-refractivity contribution in [2.45, 2.75) is 6.92 Å². The Balaban J connectivity index is 1.94. The lowest BCUT2D eigenvalue weighted by Gasteiger charge is -2.08. The van der Waals surface area contributed by atoms with Gasteiger partial charge in [-0.25, -0.2) is 0 Å². The number of rotatable bonds is 7. The van der Waals surface area contributed by atoms with E-state index in [0.717, 1.165) is 10.8 Å². The quantitative estimate of drug-likeness (QED) is 0.607. The number of methoxy groups -OCH3 is 1. The second-order valence-corrected chi connectivity index (χ2v) is 5.37. The minimum absolute atomic E-state index is 0.0654. The number of thiophene rings is 1. The van der Waals surface area contributed by atoms with Gasteiger partial charge in [0.05, 0.1) is 17.7 Å². The Hall–Kier alpha value is -2.21. The van der Waals surface area contributed by atoms with Crippen molar-refractivity contribution in [3.63, 3.8) is 0 Å². The molecule has 3 N–H and O–H groups in total. The summed E-state index contributed by atoms with van der Waals surface area (Å²) in [7, 11) is 1.54. The summed E-state index contributed by atoms with van der Waals surface area (Å²) in [6.45, 7) is 2.58. The second kappa shape index (κ2) is 6.99. The number of nitrogens with two attached hydrogens (primary N) is 1. The van der Waals surface area contributed by atoms with Crippen LogP contribution in [-0.4, -0.2) is 26.0 Å². The summed E-state index contributed by atoms with van der Waals surface area (Å²) in [5.74, 6) is 1.27. The number of carbonyl (C=O) groups is 1. The number of ether oxygens (including phenoxy) is 2. The summed E-state index contributed by atoms with van der Waals surface area (Å²) in [6, 6.07) is 9.58. The van der Waals surface area contributed by atoms with Crippen LogP contribution in [0.1, 0.15) is 16.6 Å². The van der Waals surface area contributed by atoms with Gasteiger partial charge in [0.1, 0.15) is 17.4 Å². The molecule has 1 aromatic carbocycles. The molecule has 0 saturated carbocycles.